The third-order valence-electron chi connectivity index (χ3n) is 2.12. The van der Waals surface area contributed by atoms with Gasteiger partial charge in [-0.25, -0.2) is 4.79 Å². The maximum Gasteiger partial charge on any atom is 0.330 e. The van der Waals surface area contributed by atoms with Gasteiger partial charge in [-0.3, -0.25) is 0 Å². The largest absolute Gasteiger partial charge is 0.463 e. The molecule has 0 saturated carbocycles. The maximum atomic E-state index is 11.3. The highest BCUT2D eigenvalue weighted by molar-refractivity contribution is 9.09. The zero-order chi connectivity index (χ0) is 12.5. The minimum absolute atomic E-state index is 0.309. The second-order valence-corrected chi connectivity index (χ2v) is 4.36. The zero-order valence-corrected chi connectivity index (χ0v) is 11.2. The third-order valence-corrected chi connectivity index (χ3v) is 2.68. The van der Waals surface area contributed by atoms with Crippen LogP contribution in [-0.2, 0) is 9.53 Å². The van der Waals surface area contributed by atoms with E-state index in [1.807, 2.05) is 12.1 Å². The van der Waals surface area contributed by atoms with Crippen LogP contribution in [0.15, 0.2) is 30.3 Å². The molecule has 17 heavy (non-hydrogen) atoms. The highest BCUT2D eigenvalue weighted by atomic mass is 79.9. The lowest BCUT2D eigenvalue weighted by atomic mass is 10.2. The first-order valence-corrected chi connectivity index (χ1v) is 6.61. The van der Waals surface area contributed by atoms with Crippen molar-refractivity contribution in [1.82, 2.24) is 0 Å². The van der Waals surface area contributed by atoms with Gasteiger partial charge < -0.3 is 10.5 Å². The van der Waals surface area contributed by atoms with Gasteiger partial charge in [0.1, 0.15) is 0 Å². The van der Waals surface area contributed by atoms with Crippen LogP contribution in [0.2, 0.25) is 0 Å². The van der Waals surface area contributed by atoms with E-state index in [0.717, 1.165) is 23.7 Å². The molecule has 0 radical (unpaired) electrons. The first-order chi connectivity index (χ1) is 8.22. The topological polar surface area (TPSA) is 52.3 Å². The first-order valence-electron chi connectivity index (χ1n) is 5.48. The molecule has 0 unspecified atom stereocenters. The average molecular weight is 298 g/mol. The second-order valence-electron chi connectivity index (χ2n) is 3.56. The first kappa shape index (κ1) is 13.8. The standard InChI is InChI=1S/C13H16BrNO2/c14-9-1-2-10-17-13(16)8-5-11-3-6-12(15)7-4-11/h3-8H,1-2,9-10,15H2/b8-5+. The molecular weight excluding hydrogens is 282 g/mol. The van der Waals surface area contributed by atoms with E-state index in [1.165, 1.54) is 6.08 Å². The molecule has 0 fully saturated rings. The number of esters is 1. The van der Waals surface area contributed by atoms with Crippen LogP contribution in [0, 0.1) is 0 Å². The van der Waals surface area contributed by atoms with Gasteiger partial charge in [0, 0.05) is 17.1 Å². The van der Waals surface area contributed by atoms with Crippen molar-refractivity contribution in [2.24, 2.45) is 0 Å². The summed E-state index contributed by atoms with van der Waals surface area (Å²) < 4.78 is 5.02. The molecule has 0 spiro atoms. The van der Waals surface area contributed by atoms with E-state index in [1.54, 1.807) is 18.2 Å². The van der Waals surface area contributed by atoms with Crippen LogP contribution in [0.3, 0.4) is 0 Å². The van der Waals surface area contributed by atoms with Crippen molar-refractivity contribution < 1.29 is 9.53 Å². The van der Waals surface area contributed by atoms with Gasteiger partial charge in [-0.15, -0.1) is 0 Å². The van der Waals surface area contributed by atoms with Gasteiger partial charge in [-0.05, 0) is 36.6 Å². The molecule has 0 bridgehead atoms. The molecule has 0 aromatic heterocycles. The molecule has 92 valence electrons. The van der Waals surface area contributed by atoms with E-state index >= 15 is 0 Å². The maximum absolute atomic E-state index is 11.3. The summed E-state index contributed by atoms with van der Waals surface area (Å²) >= 11 is 3.32. The van der Waals surface area contributed by atoms with Crippen LogP contribution < -0.4 is 5.73 Å². The van der Waals surface area contributed by atoms with Crippen molar-refractivity contribution in [2.75, 3.05) is 17.7 Å². The Morgan fingerprint density at radius 3 is 2.65 bits per heavy atom. The highest BCUT2D eigenvalue weighted by Crippen LogP contribution is 2.07. The average Bonchev–Trinajstić information content (AvgIpc) is 2.34. The molecule has 1 rings (SSSR count). The fourth-order valence-corrected chi connectivity index (χ4v) is 1.59. The van der Waals surface area contributed by atoms with E-state index in [-0.39, 0.29) is 5.97 Å². The Morgan fingerprint density at radius 2 is 2.00 bits per heavy atom. The number of alkyl halides is 1. The molecule has 0 aliphatic carbocycles. The normalized spacial score (nSPS) is 10.6. The number of benzene rings is 1. The van der Waals surface area contributed by atoms with Crippen LogP contribution in [0.1, 0.15) is 18.4 Å². The number of anilines is 1. The molecule has 2 N–H and O–H groups in total. The Kier molecular flexibility index (Phi) is 6.40. The summed E-state index contributed by atoms with van der Waals surface area (Å²) in [5.41, 5.74) is 7.19. The number of carbonyl (C=O) groups excluding carboxylic acids is 1. The lowest BCUT2D eigenvalue weighted by molar-refractivity contribution is -0.137. The van der Waals surface area contributed by atoms with Crippen LogP contribution in [0.5, 0.6) is 0 Å². The number of nitrogens with two attached hydrogens (primary N) is 1. The number of hydrogen-bond donors (Lipinski definition) is 1. The van der Waals surface area contributed by atoms with Gasteiger partial charge in [0.25, 0.3) is 0 Å². The van der Waals surface area contributed by atoms with Crippen LogP contribution in [-0.4, -0.2) is 17.9 Å². The van der Waals surface area contributed by atoms with Crippen molar-refractivity contribution in [1.29, 1.82) is 0 Å². The number of nitrogen functional groups attached to an aromatic ring is 1. The van der Waals surface area contributed by atoms with E-state index in [9.17, 15) is 4.79 Å². The number of hydrogen-bond acceptors (Lipinski definition) is 3. The molecule has 0 amide bonds. The lowest BCUT2D eigenvalue weighted by Gasteiger charge is -2.00. The predicted molar refractivity (Wildman–Crippen MR) is 73.9 cm³/mol. The summed E-state index contributed by atoms with van der Waals surface area (Å²) in [7, 11) is 0. The van der Waals surface area contributed by atoms with Gasteiger partial charge in [-0.2, -0.15) is 0 Å². The number of halogens is 1. The zero-order valence-electron chi connectivity index (χ0n) is 9.56. The van der Waals surface area contributed by atoms with Crippen molar-refractivity contribution >= 4 is 33.7 Å². The number of unbranched alkanes of at least 4 members (excludes halogenated alkanes) is 1. The van der Waals surface area contributed by atoms with E-state index in [0.29, 0.717) is 12.3 Å². The van der Waals surface area contributed by atoms with Crippen molar-refractivity contribution in [3.05, 3.63) is 35.9 Å². The summed E-state index contributed by atoms with van der Waals surface area (Å²) in [5.74, 6) is -0.309. The summed E-state index contributed by atoms with van der Waals surface area (Å²) in [4.78, 5) is 11.3. The monoisotopic (exact) mass is 297 g/mol. The van der Waals surface area contributed by atoms with Gasteiger partial charge in [0.15, 0.2) is 0 Å². The van der Waals surface area contributed by atoms with Crippen molar-refractivity contribution in [2.45, 2.75) is 12.8 Å². The lowest BCUT2D eigenvalue weighted by Crippen LogP contribution is -2.02. The van der Waals surface area contributed by atoms with E-state index in [2.05, 4.69) is 15.9 Å². The van der Waals surface area contributed by atoms with Crippen LogP contribution >= 0.6 is 15.9 Å². The molecule has 1 aromatic rings. The van der Waals surface area contributed by atoms with Gasteiger partial charge in [0.05, 0.1) is 6.61 Å². The predicted octanol–water partition coefficient (Wildman–Crippen LogP) is 3.00. The fourth-order valence-electron chi connectivity index (χ4n) is 1.19. The SMILES string of the molecule is Nc1ccc(/C=C/C(=O)OCCCCBr)cc1. The molecule has 0 heterocycles. The molecule has 0 aliphatic heterocycles. The molecule has 0 saturated heterocycles. The number of carbonyl (C=O) groups is 1. The highest BCUT2D eigenvalue weighted by Gasteiger charge is 1.96. The quantitative estimate of drug-likeness (QED) is 0.289. The molecule has 1 aromatic carbocycles. The van der Waals surface area contributed by atoms with E-state index in [4.69, 9.17) is 10.5 Å². The van der Waals surface area contributed by atoms with Crippen molar-refractivity contribution in [3.8, 4) is 0 Å². The number of ether oxygens (including phenoxy) is 1. The molecule has 4 heteroatoms. The summed E-state index contributed by atoms with van der Waals surface area (Å²) in [6.07, 6.45) is 5.04. The molecule has 3 nitrogen and oxygen atoms in total. The second kappa shape index (κ2) is 7.90. The van der Waals surface area contributed by atoms with E-state index < -0.39 is 0 Å². The summed E-state index contributed by atoms with van der Waals surface area (Å²) in [6.45, 7) is 0.469. The summed E-state index contributed by atoms with van der Waals surface area (Å²) in [6, 6.07) is 7.29. The smallest absolute Gasteiger partial charge is 0.330 e. The Balaban J connectivity index is 2.32. The summed E-state index contributed by atoms with van der Waals surface area (Å²) in [5, 5.41) is 0.936. The van der Waals surface area contributed by atoms with Crippen LogP contribution in [0.4, 0.5) is 5.69 Å². The van der Waals surface area contributed by atoms with Gasteiger partial charge >= 0.3 is 5.97 Å². The Bertz CT molecular complexity index is 374. The Morgan fingerprint density at radius 1 is 1.29 bits per heavy atom. The minimum atomic E-state index is -0.309. The van der Waals surface area contributed by atoms with Gasteiger partial charge in [0.2, 0.25) is 0 Å². The van der Waals surface area contributed by atoms with Crippen LogP contribution in [0.25, 0.3) is 6.08 Å². The molecule has 0 atom stereocenters. The minimum Gasteiger partial charge on any atom is -0.463 e. The Labute approximate surface area is 110 Å². The Hall–Kier alpha value is -1.29. The number of rotatable bonds is 6. The van der Waals surface area contributed by atoms with Crippen molar-refractivity contribution in [3.63, 3.8) is 0 Å². The fraction of sp³-hybridized carbons (Fsp3) is 0.308. The molecule has 0 aliphatic rings. The third kappa shape index (κ3) is 6.12. The van der Waals surface area contributed by atoms with Gasteiger partial charge in [-0.1, -0.05) is 28.1 Å². The molecular formula is C13H16BrNO2.